The third-order valence-corrected chi connectivity index (χ3v) is 6.99. The lowest BCUT2D eigenvalue weighted by molar-refractivity contribution is 0.0764. The van der Waals surface area contributed by atoms with E-state index in [4.69, 9.17) is 0 Å². The maximum Gasteiger partial charge on any atom is 0.253 e. The van der Waals surface area contributed by atoms with E-state index in [0.29, 0.717) is 31.6 Å². The van der Waals surface area contributed by atoms with Crippen molar-refractivity contribution in [1.29, 1.82) is 0 Å². The molecule has 3 aromatic rings. The number of aromatic nitrogens is 2. The van der Waals surface area contributed by atoms with E-state index < -0.39 is 15.8 Å². The van der Waals surface area contributed by atoms with Crippen LogP contribution in [0.15, 0.2) is 71.9 Å². The van der Waals surface area contributed by atoms with Crippen molar-refractivity contribution in [2.45, 2.75) is 11.3 Å². The summed E-state index contributed by atoms with van der Waals surface area (Å²) in [6, 6.07) is 13.8. The lowest BCUT2D eigenvalue weighted by atomic mass is 10.1. The van der Waals surface area contributed by atoms with Gasteiger partial charge < -0.3 is 4.90 Å². The van der Waals surface area contributed by atoms with Gasteiger partial charge in [0.05, 0.1) is 10.6 Å². The molecule has 0 bridgehead atoms. The van der Waals surface area contributed by atoms with Crippen LogP contribution in [0.5, 0.6) is 0 Å². The van der Waals surface area contributed by atoms with Crippen LogP contribution >= 0.6 is 0 Å². The van der Waals surface area contributed by atoms with Crippen LogP contribution in [0, 0.1) is 5.82 Å². The van der Waals surface area contributed by atoms with Crippen LogP contribution in [-0.2, 0) is 10.0 Å². The standard InChI is InChI=1S/C21H21FN4O3S/c22-18-5-9-20(10-6-18)30(28,29)25-13-2-12-24(15-16-25)21(27)17-3-7-19(8-4-17)26-14-1-11-23-26/h1,3-11,14H,2,12-13,15-16H2. The van der Waals surface area contributed by atoms with E-state index in [-0.39, 0.29) is 17.3 Å². The summed E-state index contributed by atoms with van der Waals surface area (Å²) in [5.41, 5.74) is 1.39. The molecule has 0 aliphatic carbocycles. The number of carbonyl (C=O) groups is 1. The Morgan fingerprint density at radius 3 is 2.33 bits per heavy atom. The van der Waals surface area contributed by atoms with Gasteiger partial charge in [-0.25, -0.2) is 17.5 Å². The quantitative estimate of drug-likeness (QED) is 0.640. The van der Waals surface area contributed by atoms with Gasteiger partial charge in [0.2, 0.25) is 10.0 Å². The topological polar surface area (TPSA) is 75.5 Å². The van der Waals surface area contributed by atoms with Gasteiger partial charge in [0.1, 0.15) is 5.82 Å². The van der Waals surface area contributed by atoms with Crippen molar-refractivity contribution in [3.63, 3.8) is 0 Å². The molecule has 4 rings (SSSR count). The Morgan fingerprint density at radius 1 is 0.933 bits per heavy atom. The number of carbonyl (C=O) groups excluding carboxylic acids is 1. The predicted octanol–water partition coefficient (Wildman–Crippen LogP) is 2.55. The Kier molecular flexibility index (Phi) is 5.65. The van der Waals surface area contributed by atoms with Crippen LogP contribution in [0.3, 0.4) is 0 Å². The third kappa shape index (κ3) is 4.12. The molecule has 0 unspecified atom stereocenters. The largest absolute Gasteiger partial charge is 0.337 e. The first-order valence-electron chi connectivity index (χ1n) is 9.60. The zero-order chi connectivity index (χ0) is 21.1. The first-order valence-corrected chi connectivity index (χ1v) is 11.0. The fourth-order valence-electron chi connectivity index (χ4n) is 3.45. The molecular weight excluding hydrogens is 407 g/mol. The molecule has 156 valence electrons. The molecule has 1 saturated heterocycles. The number of nitrogens with zero attached hydrogens (tertiary/aromatic N) is 4. The Hall–Kier alpha value is -3.04. The number of halogens is 1. The highest BCUT2D eigenvalue weighted by atomic mass is 32.2. The monoisotopic (exact) mass is 428 g/mol. The van der Waals surface area contributed by atoms with E-state index in [1.54, 1.807) is 27.9 Å². The van der Waals surface area contributed by atoms with Gasteiger partial charge in [-0.05, 0) is 61.0 Å². The zero-order valence-corrected chi connectivity index (χ0v) is 17.0. The van der Waals surface area contributed by atoms with Crippen LogP contribution in [0.2, 0.25) is 0 Å². The van der Waals surface area contributed by atoms with Crippen molar-refractivity contribution in [3.05, 3.63) is 78.4 Å². The Bertz CT molecular complexity index is 1110. The van der Waals surface area contributed by atoms with Crippen molar-refractivity contribution < 1.29 is 17.6 Å². The minimum absolute atomic E-state index is 0.0536. The fraction of sp³-hybridized carbons (Fsp3) is 0.238. The minimum Gasteiger partial charge on any atom is -0.337 e. The zero-order valence-electron chi connectivity index (χ0n) is 16.2. The number of hydrogen-bond donors (Lipinski definition) is 0. The first-order chi connectivity index (χ1) is 14.4. The van der Waals surface area contributed by atoms with E-state index >= 15 is 0 Å². The van der Waals surface area contributed by atoms with Crippen molar-refractivity contribution in [1.82, 2.24) is 19.0 Å². The molecule has 7 nitrogen and oxygen atoms in total. The molecule has 0 spiro atoms. The summed E-state index contributed by atoms with van der Waals surface area (Å²) in [7, 11) is -3.73. The highest BCUT2D eigenvalue weighted by Crippen LogP contribution is 2.19. The SMILES string of the molecule is O=C(c1ccc(-n2cccn2)cc1)N1CCCN(S(=O)(=O)c2ccc(F)cc2)CC1. The Morgan fingerprint density at radius 2 is 1.67 bits per heavy atom. The second kappa shape index (κ2) is 8.37. The summed E-state index contributed by atoms with van der Waals surface area (Å²) in [6.45, 7) is 1.26. The second-order valence-corrected chi connectivity index (χ2v) is 8.94. The van der Waals surface area contributed by atoms with Gasteiger partial charge in [-0.1, -0.05) is 0 Å². The van der Waals surface area contributed by atoms with Gasteiger partial charge >= 0.3 is 0 Å². The van der Waals surface area contributed by atoms with Gasteiger partial charge in [-0.3, -0.25) is 4.79 Å². The molecule has 1 aromatic heterocycles. The van der Waals surface area contributed by atoms with Crippen LogP contribution < -0.4 is 0 Å². The summed E-state index contributed by atoms with van der Waals surface area (Å²) >= 11 is 0. The lowest BCUT2D eigenvalue weighted by Gasteiger charge is -2.22. The van der Waals surface area contributed by atoms with Gasteiger partial charge in [0, 0.05) is 44.1 Å². The van der Waals surface area contributed by atoms with Gasteiger partial charge in [-0.15, -0.1) is 0 Å². The maximum atomic E-state index is 13.1. The van der Waals surface area contributed by atoms with E-state index in [1.165, 1.54) is 16.4 Å². The molecule has 0 radical (unpaired) electrons. The smallest absolute Gasteiger partial charge is 0.253 e. The van der Waals surface area contributed by atoms with E-state index in [2.05, 4.69) is 5.10 Å². The average Bonchev–Trinajstić information content (AvgIpc) is 3.17. The summed E-state index contributed by atoms with van der Waals surface area (Å²) in [4.78, 5) is 14.6. The Labute approximate surface area is 174 Å². The van der Waals surface area contributed by atoms with Crippen molar-refractivity contribution in [3.8, 4) is 5.69 Å². The highest BCUT2D eigenvalue weighted by molar-refractivity contribution is 7.89. The second-order valence-electron chi connectivity index (χ2n) is 7.00. The molecule has 1 aliphatic heterocycles. The number of rotatable bonds is 4. The lowest BCUT2D eigenvalue weighted by Crippen LogP contribution is -2.37. The van der Waals surface area contributed by atoms with E-state index in [1.807, 2.05) is 24.4 Å². The minimum atomic E-state index is -3.73. The van der Waals surface area contributed by atoms with Crippen LogP contribution in [0.25, 0.3) is 5.69 Å². The molecule has 2 aromatic carbocycles. The Balaban J connectivity index is 1.45. The molecule has 30 heavy (non-hydrogen) atoms. The van der Waals surface area contributed by atoms with Crippen molar-refractivity contribution in [2.24, 2.45) is 0 Å². The molecule has 1 fully saturated rings. The third-order valence-electron chi connectivity index (χ3n) is 5.08. The highest BCUT2D eigenvalue weighted by Gasteiger charge is 2.28. The predicted molar refractivity (Wildman–Crippen MR) is 109 cm³/mol. The molecule has 0 atom stereocenters. The molecular formula is C21H21FN4O3S. The molecule has 1 amide bonds. The van der Waals surface area contributed by atoms with Crippen molar-refractivity contribution >= 4 is 15.9 Å². The number of amides is 1. The van der Waals surface area contributed by atoms with Gasteiger partial charge in [-0.2, -0.15) is 9.40 Å². The molecule has 2 heterocycles. The fourth-order valence-corrected chi connectivity index (χ4v) is 4.92. The van der Waals surface area contributed by atoms with Crippen LogP contribution in [0.4, 0.5) is 4.39 Å². The molecule has 0 N–H and O–H groups in total. The molecule has 9 heteroatoms. The summed E-state index contributed by atoms with van der Waals surface area (Å²) in [5, 5.41) is 4.16. The first kappa shape index (κ1) is 20.2. The number of sulfonamides is 1. The number of benzene rings is 2. The van der Waals surface area contributed by atoms with Gasteiger partial charge in [0.25, 0.3) is 5.91 Å². The molecule has 1 aliphatic rings. The van der Waals surface area contributed by atoms with Crippen LogP contribution in [0.1, 0.15) is 16.8 Å². The van der Waals surface area contributed by atoms with E-state index in [9.17, 15) is 17.6 Å². The summed E-state index contributed by atoms with van der Waals surface area (Å²) in [5.74, 6) is -0.622. The number of hydrogen-bond acceptors (Lipinski definition) is 4. The normalized spacial score (nSPS) is 15.7. The molecule has 0 saturated carbocycles. The maximum absolute atomic E-state index is 13.1. The van der Waals surface area contributed by atoms with Crippen molar-refractivity contribution in [2.75, 3.05) is 26.2 Å². The summed E-state index contributed by atoms with van der Waals surface area (Å²) < 4.78 is 41.9. The average molecular weight is 428 g/mol. The van der Waals surface area contributed by atoms with Gasteiger partial charge in [0.15, 0.2) is 0 Å². The summed E-state index contributed by atoms with van der Waals surface area (Å²) in [6.07, 6.45) is 4.03. The van der Waals surface area contributed by atoms with Crippen LogP contribution in [-0.4, -0.2) is 59.5 Å². The van der Waals surface area contributed by atoms with E-state index in [0.717, 1.165) is 17.8 Å².